The molecule has 0 bridgehead atoms. The second-order valence-corrected chi connectivity index (χ2v) is 6.04. The van der Waals surface area contributed by atoms with Gasteiger partial charge in [0.25, 0.3) is 0 Å². The van der Waals surface area contributed by atoms with Crippen LogP contribution in [0.15, 0.2) is 24.3 Å². The fourth-order valence-corrected chi connectivity index (χ4v) is 2.88. The zero-order valence-corrected chi connectivity index (χ0v) is 13.6. The van der Waals surface area contributed by atoms with E-state index in [0.29, 0.717) is 0 Å². The third kappa shape index (κ3) is 6.53. The van der Waals surface area contributed by atoms with E-state index in [1.807, 2.05) is 0 Å². The van der Waals surface area contributed by atoms with Crippen LogP contribution in [0.25, 0.3) is 0 Å². The van der Waals surface area contributed by atoms with E-state index in [0.717, 1.165) is 19.0 Å². The van der Waals surface area contributed by atoms with Crippen molar-refractivity contribution in [2.75, 3.05) is 20.1 Å². The highest BCUT2D eigenvalue weighted by molar-refractivity contribution is 5.25. The van der Waals surface area contributed by atoms with Crippen molar-refractivity contribution in [3.63, 3.8) is 0 Å². The first kappa shape index (κ1) is 17.2. The number of aryl methyl sites for hydroxylation is 1. The molecule has 0 spiro atoms. The van der Waals surface area contributed by atoms with Gasteiger partial charge in [-0.3, -0.25) is 0 Å². The first-order valence-corrected chi connectivity index (χ1v) is 8.10. The molecule has 0 amide bonds. The van der Waals surface area contributed by atoms with Crippen molar-refractivity contribution >= 4 is 0 Å². The Bertz CT molecular complexity index is 356. The minimum Gasteiger partial charge on any atom is -0.330 e. The average Bonchev–Trinajstić information content (AvgIpc) is 2.42. The Labute approximate surface area is 125 Å². The Kier molecular flexibility index (Phi) is 8.56. The molecule has 1 unspecified atom stereocenters. The maximum atomic E-state index is 5.70. The maximum absolute atomic E-state index is 5.70. The number of hydrogen-bond acceptors (Lipinski definition) is 2. The molecule has 1 rings (SSSR count). The molecule has 0 radical (unpaired) electrons. The summed E-state index contributed by atoms with van der Waals surface area (Å²) in [4.78, 5) is 2.44. The van der Waals surface area contributed by atoms with E-state index in [1.54, 1.807) is 0 Å². The van der Waals surface area contributed by atoms with Gasteiger partial charge in [0.15, 0.2) is 0 Å². The van der Waals surface area contributed by atoms with E-state index in [4.69, 9.17) is 5.73 Å². The fourth-order valence-electron chi connectivity index (χ4n) is 2.88. The van der Waals surface area contributed by atoms with Gasteiger partial charge in [0.2, 0.25) is 0 Å². The van der Waals surface area contributed by atoms with Gasteiger partial charge in [0.05, 0.1) is 0 Å². The monoisotopic (exact) mass is 276 g/mol. The highest BCUT2D eigenvalue weighted by Crippen LogP contribution is 2.17. The highest BCUT2D eigenvalue weighted by atomic mass is 15.1. The van der Waals surface area contributed by atoms with E-state index in [2.05, 4.69) is 50.1 Å². The van der Waals surface area contributed by atoms with E-state index < -0.39 is 0 Å². The molecule has 1 aromatic rings. The van der Waals surface area contributed by atoms with Gasteiger partial charge >= 0.3 is 0 Å². The predicted molar refractivity (Wildman–Crippen MR) is 88.8 cm³/mol. The molecule has 1 atom stereocenters. The van der Waals surface area contributed by atoms with Crippen LogP contribution in [0.2, 0.25) is 0 Å². The fraction of sp³-hybridized carbons (Fsp3) is 0.667. The third-order valence-electron chi connectivity index (χ3n) is 4.13. The summed E-state index contributed by atoms with van der Waals surface area (Å²) in [5, 5.41) is 0. The molecule has 0 aliphatic carbocycles. The molecular formula is C18H32N2. The Morgan fingerprint density at radius 1 is 1.15 bits per heavy atom. The second kappa shape index (κ2) is 9.95. The first-order valence-electron chi connectivity index (χ1n) is 8.10. The molecule has 0 saturated heterocycles. The van der Waals surface area contributed by atoms with Gasteiger partial charge in [-0.05, 0) is 63.4 Å². The number of nitrogens with zero attached hydrogens (tertiary/aromatic N) is 1. The molecular weight excluding hydrogens is 244 g/mol. The first-order chi connectivity index (χ1) is 9.67. The second-order valence-electron chi connectivity index (χ2n) is 6.04. The summed E-state index contributed by atoms with van der Waals surface area (Å²) in [6.07, 6.45) is 6.41. The molecule has 1 aromatic carbocycles. The zero-order chi connectivity index (χ0) is 14.8. The molecule has 20 heavy (non-hydrogen) atoms. The van der Waals surface area contributed by atoms with Gasteiger partial charge in [0, 0.05) is 6.54 Å². The molecule has 0 fully saturated rings. The van der Waals surface area contributed by atoms with Crippen molar-refractivity contribution < 1.29 is 0 Å². The lowest BCUT2D eigenvalue weighted by Gasteiger charge is -2.20. The van der Waals surface area contributed by atoms with Crippen LogP contribution in [0.4, 0.5) is 0 Å². The smallest absolute Gasteiger partial charge is 0.0233 e. The topological polar surface area (TPSA) is 29.3 Å². The van der Waals surface area contributed by atoms with Crippen molar-refractivity contribution in [1.82, 2.24) is 4.90 Å². The highest BCUT2D eigenvalue weighted by Gasteiger charge is 2.08. The summed E-state index contributed by atoms with van der Waals surface area (Å²) in [7, 11) is 2.23. The van der Waals surface area contributed by atoms with Crippen LogP contribution in [-0.4, -0.2) is 25.0 Å². The molecule has 2 nitrogen and oxygen atoms in total. The molecule has 0 saturated carbocycles. The molecule has 0 aromatic heterocycles. The van der Waals surface area contributed by atoms with Gasteiger partial charge in [-0.2, -0.15) is 0 Å². The van der Waals surface area contributed by atoms with Crippen molar-refractivity contribution in [2.24, 2.45) is 11.7 Å². The van der Waals surface area contributed by atoms with Crippen LogP contribution in [0, 0.1) is 12.8 Å². The summed E-state index contributed by atoms with van der Waals surface area (Å²) in [6, 6.07) is 8.68. The van der Waals surface area contributed by atoms with Crippen LogP contribution in [0.3, 0.4) is 0 Å². The number of hydrogen-bond donors (Lipinski definition) is 1. The predicted octanol–water partition coefficient (Wildman–Crippen LogP) is 3.97. The van der Waals surface area contributed by atoms with Gasteiger partial charge in [-0.15, -0.1) is 0 Å². The van der Waals surface area contributed by atoms with Crippen LogP contribution >= 0.6 is 0 Å². The zero-order valence-electron chi connectivity index (χ0n) is 13.6. The quantitative estimate of drug-likeness (QED) is 0.700. The summed E-state index contributed by atoms with van der Waals surface area (Å²) < 4.78 is 0. The summed E-state index contributed by atoms with van der Waals surface area (Å²) in [5.74, 6) is 0.830. The minimum atomic E-state index is 0.830. The van der Waals surface area contributed by atoms with Gasteiger partial charge in [0.1, 0.15) is 0 Å². The van der Waals surface area contributed by atoms with E-state index in [-0.39, 0.29) is 0 Å². The van der Waals surface area contributed by atoms with Crippen molar-refractivity contribution in [2.45, 2.75) is 52.5 Å². The molecule has 0 aliphatic rings. The molecule has 2 N–H and O–H groups in total. The van der Waals surface area contributed by atoms with Crippen LogP contribution in [-0.2, 0) is 6.54 Å². The SMILES string of the molecule is CCCC(CCN)CCCN(C)Cc1ccccc1C. The standard InChI is InChI=1S/C18H32N2/c1-4-8-17(12-13-19)10-7-14-20(3)15-18-11-6-5-9-16(18)2/h5-6,9,11,17H,4,7-8,10,12-15,19H2,1-3H3. The van der Waals surface area contributed by atoms with Crippen molar-refractivity contribution in [3.05, 3.63) is 35.4 Å². The minimum absolute atomic E-state index is 0.830. The molecule has 2 heteroatoms. The van der Waals surface area contributed by atoms with Gasteiger partial charge in [-0.25, -0.2) is 0 Å². The van der Waals surface area contributed by atoms with Crippen molar-refractivity contribution in [1.29, 1.82) is 0 Å². The number of rotatable bonds is 10. The molecule has 114 valence electrons. The third-order valence-corrected chi connectivity index (χ3v) is 4.13. The average molecular weight is 276 g/mol. The van der Waals surface area contributed by atoms with Crippen LogP contribution in [0.1, 0.15) is 50.2 Å². The molecule has 0 aliphatic heterocycles. The molecule has 0 heterocycles. The summed E-state index contributed by atoms with van der Waals surface area (Å²) >= 11 is 0. The number of benzene rings is 1. The van der Waals surface area contributed by atoms with Crippen LogP contribution in [0.5, 0.6) is 0 Å². The van der Waals surface area contributed by atoms with E-state index in [1.165, 1.54) is 49.8 Å². The maximum Gasteiger partial charge on any atom is 0.0233 e. The van der Waals surface area contributed by atoms with Gasteiger partial charge in [-0.1, -0.05) is 44.0 Å². The van der Waals surface area contributed by atoms with E-state index >= 15 is 0 Å². The van der Waals surface area contributed by atoms with E-state index in [9.17, 15) is 0 Å². The van der Waals surface area contributed by atoms with Gasteiger partial charge < -0.3 is 10.6 Å². The number of nitrogens with two attached hydrogens (primary N) is 1. The summed E-state index contributed by atoms with van der Waals surface area (Å²) in [5.41, 5.74) is 8.54. The van der Waals surface area contributed by atoms with Crippen LogP contribution < -0.4 is 5.73 Å². The normalized spacial score (nSPS) is 12.8. The Hall–Kier alpha value is -0.860. The van der Waals surface area contributed by atoms with Crippen molar-refractivity contribution in [3.8, 4) is 0 Å². The largest absolute Gasteiger partial charge is 0.330 e. The summed E-state index contributed by atoms with van der Waals surface area (Å²) in [6.45, 7) is 7.54. The Morgan fingerprint density at radius 2 is 1.90 bits per heavy atom. The lowest BCUT2D eigenvalue weighted by molar-refractivity contribution is 0.297. The Morgan fingerprint density at radius 3 is 2.55 bits per heavy atom. The lowest BCUT2D eigenvalue weighted by atomic mass is 9.94. The lowest BCUT2D eigenvalue weighted by Crippen LogP contribution is -2.20. The Balaban J connectivity index is 2.29.